The van der Waals surface area contributed by atoms with Gasteiger partial charge in [0.2, 0.25) is 0 Å². The fourth-order valence-electron chi connectivity index (χ4n) is 1.56. The van der Waals surface area contributed by atoms with Crippen molar-refractivity contribution in [2.45, 2.75) is 13.3 Å². The van der Waals surface area contributed by atoms with Crippen LogP contribution in [0, 0.1) is 6.92 Å². The fraction of sp³-hybridized carbons (Fsp3) is 0.250. The number of carboxylic acid groups (broad SMARTS) is 1. The predicted octanol–water partition coefficient (Wildman–Crippen LogP) is 2.20. The van der Waals surface area contributed by atoms with Crippen LogP contribution in [0.3, 0.4) is 0 Å². The van der Waals surface area contributed by atoms with Crippen molar-refractivity contribution in [1.82, 2.24) is 9.97 Å². The molecule has 0 aromatic carbocycles. The second kappa shape index (κ2) is 5.59. The van der Waals surface area contributed by atoms with Gasteiger partial charge in [0.1, 0.15) is 5.82 Å². The highest BCUT2D eigenvalue weighted by molar-refractivity contribution is 7.09. The molecule has 2 heterocycles. The zero-order valence-corrected chi connectivity index (χ0v) is 10.7. The molecule has 94 valence electrons. The van der Waals surface area contributed by atoms with E-state index in [-0.39, 0.29) is 5.56 Å². The predicted molar refractivity (Wildman–Crippen MR) is 70.2 cm³/mol. The van der Waals surface area contributed by atoms with E-state index in [2.05, 4.69) is 15.3 Å². The lowest BCUT2D eigenvalue weighted by atomic mass is 10.2. The molecule has 0 radical (unpaired) electrons. The van der Waals surface area contributed by atoms with E-state index in [0.717, 1.165) is 11.4 Å². The summed E-state index contributed by atoms with van der Waals surface area (Å²) in [6.07, 6.45) is 2.57. The number of aromatic carboxylic acids is 1. The van der Waals surface area contributed by atoms with Crippen LogP contribution in [-0.4, -0.2) is 27.6 Å². The Morgan fingerprint density at radius 2 is 2.33 bits per heavy atom. The van der Waals surface area contributed by atoms with Gasteiger partial charge < -0.3 is 10.4 Å². The van der Waals surface area contributed by atoms with Crippen LogP contribution in [-0.2, 0) is 6.42 Å². The van der Waals surface area contributed by atoms with Gasteiger partial charge in [-0.25, -0.2) is 14.8 Å². The number of nitrogens with zero attached hydrogens (tertiary/aromatic N) is 2. The molecule has 0 amide bonds. The maximum Gasteiger partial charge on any atom is 0.335 e. The van der Waals surface area contributed by atoms with Gasteiger partial charge in [-0.3, -0.25) is 0 Å². The molecule has 0 spiro atoms. The summed E-state index contributed by atoms with van der Waals surface area (Å²) >= 11 is 1.60. The van der Waals surface area contributed by atoms with E-state index in [4.69, 9.17) is 5.11 Å². The van der Waals surface area contributed by atoms with E-state index in [9.17, 15) is 4.79 Å². The summed E-state index contributed by atoms with van der Waals surface area (Å²) in [5.74, 6) is -0.354. The van der Waals surface area contributed by atoms with Gasteiger partial charge in [-0.05, 0) is 19.1 Å². The zero-order valence-electron chi connectivity index (χ0n) is 9.88. The number of anilines is 1. The second-order valence-corrected chi connectivity index (χ2v) is 4.77. The third-order valence-corrected chi connectivity index (χ3v) is 3.17. The molecule has 0 aliphatic carbocycles. The lowest BCUT2D eigenvalue weighted by molar-refractivity contribution is 0.0696. The molecule has 5 nitrogen and oxygen atoms in total. The molecule has 0 fully saturated rings. The zero-order chi connectivity index (χ0) is 13.0. The highest BCUT2D eigenvalue weighted by Crippen LogP contribution is 2.11. The summed E-state index contributed by atoms with van der Waals surface area (Å²) in [4.78, 5) is 19.3. The third-order valence-electron chi connectivity index (χ3n) is 2.33. The first kappa shape index (κ1) is 12.5. The van der Waals surface area contributed by atoms with Crippen LogP contribution in [0.4, 0.5) is 5.82 Å². The summed E-state index contributed by atoms with van der Waals surface area (Å²) in [6.45, 7) is 2.46. The van der Waals surface area contributed by atoms with Crippen LogP contribution in [0.5, 0.6) is 0 Å². The first-order valence-electron chi connectivity index (χ1n) is 5.49. The molecule has 0 saturated carbocycles. The second-order valence-electron chi connectivity index (χ2n) is 3.79. The normalized spacial score (nSPS) is 10.3. The smallest absolute Gasteiger partial charge is 0.335 e. The molecule has 0 atom stereocenters. The van der Waals surface area contributed by atoms with E-state index in [1.54, 1.807) is 30.5 Å². The quantitative estimate of drug-likeness (QED) is 0.865. The molecule has 0 unspecified atom stereocenters. The van der Waals surface area contributed by atoms with Gasteiger partial charge in [0, 0.05) is 30.2 Å². The Bertz CT molecular complexity index is 540. The molecule has 6 heteroatoms. The lowest BCUT2D eigenvalue weighted by Crippen LogP contribution is -2.08. The molecule has 18 heavy (non-hydrogen) atoms. The van der Waals surface area contributed by atoms with Crippen LogP contribution >= 0.6 is 11.3 Å². The minimum atomic E-state index is -0.941. The Kier molecular flexibility index (Phi) is 3.88. The summed E-state index contributed by atoms with van der Waals surface area (Å²) in [6, 6.07) is 3.09. The minimum absolute atomic E-state index is 0.249. The van der Waals surface area contributed by atoms with Crippen molar-refractivity contribution < 1.29 is 9.90 Å². The molecule has 0 aliphatic heterocycles. The van der Waals surface area contributed by atoms with Crippen LogP contribution in [0.15, 0.2) is 23.7 Å². The van der Waals surface area contributed by atoms with Crippen molar-refractivity contribution in [2.24, 2.45) is 0 Å². The van der Waals surface area contributed by atoms with E-state index >= 15 is 0 Å². The Morgan fingerprint density at radius 3 is 3.00 bits per heavy atom. The average Bonchev–Trinajstić information content (AvgIpc) is 2.81. The fourth-order valence-corrected chi connectivity index (χ4v) is 2.18. The topological polar surface area (TPSA) is 75.1 Å². The van der Waals surface area contributed by atoms with E-state index in [0.29, 0.717) is 18.1 Å². The molecular weight excluding hydrogens is 250 g/mol. The van der Waals surface area contributed by atoms with Gasteiger partial charge in [-0.1, -0.05) is 0 Å². The molecule has 2 rings (SSSR count). The summed E-state index contributed by atoms with van der Waals surface area (Å²) in [5, 5.41) is 15.0. The van der Waals surface area contributed by atoms with Crippen molar-refractivity contribution in [3.8, 4) is 0 Å². The summed E-state index contributed by atoms with van der Waals surface area (Å²) in [5.41, 5.74) is 0.936. The number of nitrogens with one attached hydrogen (secondary N) is 1. The lowest BCUT2D eigenvalue weighted by Gasteiger charge is -2.06. The van der Waals surface area contributed by atoms with Crippen molar-refractivity contribution in [3.05, 3.63) is 40.0 Å². The first-order valence-corrected chi connectivity index (χ1v) is 6.37. The van der Waals surface area contributed by atoms with E-state index in [1.165, 1.54) is 6.07 Å². The Labute approximate surface area is 109 Å². The van der Waals surface area contributed by atoms with Crippen molar-refractivity contribution in [1.29, 1.82) is 0 Å². The van der Waals surface area contributed by atoms with Crippen molar-refractivity contribution >= 4 is 23.1 Å². The van der Waals surface area contributed by atoms with Crippen LogP contribution in [0.25, 0.3) is 0 Å². The Balaban J connectivity index is 1.98. The molecule has 2 aromatic rings. The third kappa shape index (κ3) is 3.27. The number of hydrogen-bond donors (Lipinski definition) is 2. The molecular formula is C12H13N3O2S. The van der Waals surface area contributed by atoms with Crippen molar-refractivity contribution in [3.63, 3.8) is 0 Å². The minimum Gasteiger partial charge on any atom is -0.478 e. The van der Waals surface area contributed by atoms with Gasteiger partial charge in [-0.15, -0.1) is 11.3 Å². The Hall–Kier alpha value is -1.95. The van der Waals surface area contributed by atoms with Crippen molar-refractivity contribution in [2.75, 3.05) is 11.9 Å². The SMILES string of the molecule is Cc1cc(C(=O)O)cc(NCCc2nccs2)n1. The van der Waals surface area contributed by atoms with E-state index in [1.807, 2.05) is 5.38 Å². The first-order chi connectivity index (χ1) is 8.65. The largest absolute Gasteiger partial charge is 0.478 e. The van der Waals surface area contributed by atoms with Gasteiger partial charge in [-0.2, -0.15) is 0 Å². The number of aromatic nitrogens is 2. The summed E-state index contributed by atoms with van der Waals surface area (Å²) < 4.78 is 0. The molecule has 2 aromatic heterocycles. The monoisotopic (exact) mass is 263 g/mol. The van der Waals surface area contributed by atoms with Crippen LogP contribution in [0.1, 0.15) is 21.1 Å². The molecule has 2 N–H and O–H groups in total. The van der Waals surface area contributed by atoms with Gasteiger partial charge in [0.25, 0.3) is 0 Å². The number of hydrogen-bond acceptors (Lipinski definition) is 5. The Morgan fingerprint density at radius 1 is 1.50 bits per heavy atom. The number of rotatable bonds is 5. The average molecular weight is 263 g/mol. The number of carbonyl (C=O) groups is 1. The standard InChI is InChI=1S/C12H13N3O2S/c1-8-6-9(12(16)17)7-10(15-8)13-3-2-11-14-4-5-18-11/h4-7H,2-3H2,1H3,(H,13,15)(H,16,17). The van der Waals surface area contributed by atoms with Gasteiger partial charge >= 0.3 is 5.97 Å². The molecule has 0 aliphatic rings. The van der Waals surface area contributed by atoms with Crippen LogP contribution in [0.2, 0.25) is 0 Å². The maximum absolute atomic E-state index is 10.9. The van der Waals surface area contributed by atoms with Gasteiger partial charge in [0.05, 0.1) is 10.6 Å². The number of thiazole rings is 1. The maximum atomic E-state index is 10.9. The number of aryl methyl sites for hydroxylation is 1. The van der Waals surface area contributed by atoms with E-state index < -0.39 is 5.97 Å². The van der Waals surface area contributed by atoms with Crippen LogP contribution < -0.4 is 5.32 Å². The van der Waals surface area contributed by atoms with Gasteiger partial charge in [0.15, 0.2) is 0 Å². The highest BCUT2D eigenvalue weighted by atomic mass is 32.1. The summed E-state index contributed by atoms with van der Waals surface area (Å²) in [7, 11) is 0. The number of pyridine rings is 1. The number of carboxylic acids is 1. The molecule has 0 saturated heterocycles. The molecule has 0 bridgehead atoms. The highest BCUT2D eigenvalue weighted by Gasteiger charge is 2.06.